The molecule has 0 bridgehead atoms. The van der Waals surface area contributed by atoms with Gasteiger partial charge in [-0.3, -0.25) is 0 Å². The molecule has 0 atom stereocenters. The monoisotopic (exact) mass is 362 g/mol. The van der Waals surface area contributed by atoms with Crippen molar-refractivity contribution in [2.24, 2.45) is 5.10 Å². The molecule has 27 heavy (non-hydrogen) atoms. The van der Waals surface area contributed by atoms with E-state index in [1.165, 1.54) is 19.3 Å². The lowest BCUT2D eigenvalue weighted by atomic mass is 10.2. The third-order valence-corrected chi connectivity index (χ3v) is 4.51. The second kappa shape index (κ2) is 7.99. The number of hydrazone groups is 1. The Morgan fingerprint density at radius 2 is 2.04 bits per heavy atom. The van der Waals surface area contributed by atoms with Gasteiger partial charge in [-0.05, 0) is 24.6 Å². The Morgan fingerprint density at radius 3 is 2.89 bits per heavy atom. The highest BCUT2D eigenvalue weighted by Gasteiger charge is 2.14. The Hall–Kier alpha value is -3.22. The van der Waals surface area contributed by atoms with Crippen LogP contribution in [0.1, 0.15) is 38.4 Å². The highest BCUT2D eigenvalue weighted by molar-refractivity contribution is 6.04. The number of hydrogen-bond acceptors (Lipinski definition) is 6. The Morgan fingerprint density at radius 1 is 1.11 bits per heavy atom. The topological polar surface area (TPSA) is 81.1 Å². The number of furan rings is 1. The van der Waals surface area contributed by atoms with Crippen molar-refractivity contribution in [2.75, 3.05) is 5.43 Å². The SMILES string of the molecule is CCCCCCn1c2ccccc2c2nnc(N/N=C/c3ccco3)nc21. The van der Waals surface area contributed by atoms with Gasteiger partial charge in [-0.2, -0.15) is 10.1 Å². The number of anilines is 1. The molecule has 4 aromatic rings. The quantitative estimate of drug-likeness (QED) is 0.281. The maximum Gasteiger partial charge on any atom is 0.265 e. The summed E-state index contributed by atoms with van der Waals surface area (Å²) in [6.07, 6.45) is 7.97. The lowest BCUT2D eigenvalue weighted by Gasteiger charge is -2.06. The third-order valence-electron chi connectivity index (χ3n) is 4.51. The minimum absolute atomic E-state index is 0.364. The van der Waals surface area contributed by atoms with Crippen LogP contribution in [0.2, 0.25) is 0 Å². The normalized spacial score (nSPS) is 11.7. The number of nitrogens with one attached hydrogen (secondary N) is 1. The summed E-state index contributed by atoms with van der Waals surface area (Å²) in [7, 11) is 0. The van der Waals surface area contributed by atoms with Crippen LogP contribution in [-0.2, 0) is 6.54 Å². The van der Waals surface area contributed by atoms with Crippen LogP contribution in [-0.4, -0.2) is 26.0 Å². The molecule has 0 saturated heterocycles. The van der Waals surface area contributed by atoms with E-state index in [4.69, 9.17) is 4.42 Å². The van der Waals surface area contributed by atoms with Gasteiger partial charge >= 0.3 is 0 Å². The lowest BCUT2D eigenvalue weighted by Crippen LogP contribution is -2.03. The smallest absolute Gasteiger partial charge is 0.265 e. The largest absolute Gasteiger partial charge is 0.463 e. The van der Waals surface area contributed by atoms with E-state index in [1.807, 2.05) is 24.3 Å². The van der Waals surface area contributed by atoms with Gasteiger partial charge in [-0.25, -0.2) is 5.43 Å². The fraction of sp³-hybridized carbons (Fsp3) is 0.300. The van der Waals surface area contributed by atoms with E-state index in [9.17, 15) is 0 Å². The van der Waals surface area contributed by atoms with Crippen LogP contribution in [0.3, 0.4) is 0 Å². The molecule has 7 nitrogen and oxygen atoms in total. The average Bonchev–Trinajstić information content (AvgIpc) is 3.32. The molecule has 7 heteroatoms. The van der Waals surface area contributed by atoms with Crippen LogP contribution in [0.15, 0.2) is 52.2 Å². The number of aromatic nitrogens is 4. The number of fused-ring (bicyclic) bond motifs is 3. The van der Waals surface area contributed by atoms with E-state index in [0.717, 1.165) is 35.0 Å². The first kappa shape index (κ1) is 17.2. The Bertz CT molecular complexity index is 1050. The van der Waals surface area contributed by atoms with Crippen LogP contribution >= 0.6 is 0 Å². The molecule has 0 aliphatic rings. The molecule has 3 heterocycles. The summed E-state index contributed by atoms with van der Waals surface area (Å²) in [5, 5.41) is 13.8. The van der Waals surface area contributed by atoms with Crippen molar-refractivity contribution in [3.8, 4) is 0 Å². The van der Waals surface area contributed by atoms with Crippen molar-refractivity contribution in [1.29, 1.82) is 0 Å². The van der Waals surface area contributed by atoms with Crippen LogP contribution in [0.5, 0.6) is 0 Å². The third kappa shape index (κ3) is 3.67. The fourth-order valence-corrected chi connectivity index (χ4v) is 3.19. The Balaban J connectivity index is 1.65. The summed E-state index contributed by atoms with van der Waals surface area (Å²) in [4.78, 5) is 4.66. The molecule has 0 saturated carbocycles. The molecule has 3 aromatic heterocycles. The molecule has 4 rings (SSSR count). The van der Waals surface area contributed by atoms with Gasteiger partial charge in [0.15, 0.2) is 5.65 Å². The van der Waals surface area contributed by atoms with Crippen LogP contribution in [0.4, 0.5) is 5.95 Å². The van der Waals surface area contributed by atoms with Crippen molar-refractivity contribution in [1.82, 2.24) is 19.7 Å². The van der Waals surface area contributed by atoms with Crippen molar-refractivity contribution >= 4 is 34.2 Å². The zero-order chi connectivity index (χ0) is 18.5. The maximum absolute atomic E-state index is 5.21. The highest BCUT2D eigenvalue weighted by atomic mass is 16.3. The summed E-state index contributed by atoms with van der Waals surface area (Å²) >= 11 is 0. The molecule has 0 aliphatic heterocycles. The van der Waals surface area contributed by atoms with E-state index in [-0.39, 0.29) is 0 Å². The van der Waals surface area contributed by atoms with Gasteiger partial charge in [0, 0.05) is 11.9 Å². The second-order valence-electron chi connectivity index (χ2n) is 6.42. The number of aryl methyl sites for hydroxylation is 1. The molecular weight excluding hydrogens is 340 g/mol. The number of rotatable bonds is 8. The number of benzene rings is 1. The molecule has 1 aromatic carbocycles. The molecule has 0 amide bonds. The van der Waals surface area contributed by atoms with Gasteiger partial charge in [0.2, 0.25) is 0 Å². The van der Waals surface area contributed by atoms with Crippen LogP contribution < -0.4 is 5.43 Å². The zero-order valence-corrected chi connectivity index (χ0v) is 15.3. The van der Waals surface area contributed by atoms with E-state index >= 15 is 0 Å². The van der Waals surface area contributed by atoms with Gasteiger partial charge < -0.3 is 8.98 Å². The van der Waals surface area contributed by atoms with E-state index in [0.29, 0.717) is 11.7 Å². The second-order valence-corrected chi connectivity index (χ2v) is 6.42. The maximum atomic E-state index is 5.21. The summed E-state index contributed by atoms with van der Waals surface area (Å²) < 4.78 is 7.45. The molecule has 138 valence electrons. The van der Waals surface area contributed by atoms with Gasteiger partial charge in [0.25, 0.3) is 5.95 Å². The number of unbranched alkanes of at least 4 members (excludes halogenated alkanes) is 3. The van der Waals surface area contributed by atoms with E-state index in [1.54, 1.807) is 12.5 Å². The Kier molecular flexibility index (Phi) is 5.09. The molecule has 1 N–H and O–H groups in total. The molecule has 0 unspecified atom stereocenters. The molecule has 0 fully saturated rings. The minimum atomic E-state index is 0.364. The first-order valence-electron chi connectivity index (χ1n) is 9.31. The molecule has 0 radical (unpaired) electrons. The number of nitrogens with zero attached hydrogens (tertiary/aromatic N) is 5. The summed E-state index contributed by atoms with van der Waals surface area (Å²) in [5.74, 6) is 1.02. The Labute approximate surface area is 157 Å². The van der Waals surface area contributed by atoms with Crippen molar-refractivity contribution in [2.45, 2.75) is 39.2 Å². The van der Waals surface area contributed by atoms with Crippen molar-refractivity contribution < 1.29 is 4.42 Å². The standard InChI is InChI=1S/C20H22N6O/c1-2-3-4-7-12-26-17-11-6-5-10-16(17)18-19(26)22-20(25-23-18)24-21-14-15-9-8-13-27-15/h5-6,8-11,13-14H,2-4,7,12H2,1H3,(H,22,24,25)/b21-14+. The van der Waals surface area contributed by atoms with Crippen LogP contribution in [0, 0.1) is 0 Å². The van der Waals surface area contributed by atoms with Gasteiger partial charge in [0.05, 0.1) is 18.0 Å². The summed E-state index contributed by atoms with van der Waals surface area (Å²) in [6, 6.07) is 11.9. The van der Waals surface area contributed by atoms with Crippen molar-refractivity contribution in [3.63, 3.8) is 0 Å². The van der Waals surface area contributed by atoms with Crippen molar-refractivity contribution in [3.05, 3.63) is 48.4 Å². The molecule has 0 aliphatic carbocycles. The predicted molar refractivity (Wildman–Crippen MR) is 107 cm³/mol. The minimum Gasteiger partial charge on any atom is -0.463 e. The van der Waals surface area contributed by atoms with Crippen LogP contribution in [0.25, 0.3) is 22.1 Å². The van der Waals surface area contributed by atoms with E-state index < -0.39 is 0 Å². The molecule has 0 spiro atoms. The summed E-state index contributed by atoms with van der Waals surface area (Å²) in [5.41, 5.74) is 5.63. The lowest BCUT2D eigenvalue weighted by molar-refractivity contribution is 0.560. The zero-order valence-electron chi connectivity index (χ0n) is 15.3. The highest BCUT2D eigenvalue weighted by Crippen LogP contribution is 2.26. The first-order chi connectivity index (χ1) is 13.4. The average molecular weight is 362 g/mol. The summed E-state index contributed by atoms with van der Waals surface area (Å²) in [6.45, 7) is 3.14. The predicted octanol–water partition coefficient (Wildman–Crippen LogP) is 4.60. The van der Waals surface area contributed by atoms with Gasteiger partial charge in [0.1, 0.15) is 11.3 Å². The fourth-order valence-electron chi connectivity index (χ4n) is 3.19. The molecular formula is C20H22N6O. The number of hydrogen-bond donors (Lipinski definition) is 1. The number of para-hydroxylation sites is 1. The van der Waals surface area contributed by atoms with Gasteiger partial charge in [-0.15, -0.1) is 10.2 Å². The first-order valence-corrected chi connectivity index (χ1v) is 9.31. The van der Waals surface area contributed by atoms with E-state index in [2.05, 4.69) is 49.3 Å². The van der Waals surface area contributed by atoms with Gasteiger partial charge in [-0.1, -0.05) is 44.4 Å².